The lowest BCUT2D eigenvalue weighted by molar-refractivity contribution is -0.114. The van der Waals surface area contributed by atoms with Crippen LogP contribution in [0, 0.1) is 5.82 Å². The van der Waals surface area contributed by atoms with E-state index in [0.29, 0.717) is 0 Å². The third-order valence-electron chi connectivity index (χ3n) is 2.75. The number of pyridine rings is 1. The van der Waals surface area contributed by atoms with Crippen LogP contribution in [0.3, 0.4) is 0 Å². The van der Waals surface area contributed by atoms with Gasteiger partial charge in [0.1, 0.15) is 10.8 Å². The number of aromatic nitrogens is 1. The second kappa shape index (κ2) is 7.82. The van der Waals surface area contributed by atoms with Gasteiger partial charge in [0.15, 0.2) is 0 Å². The summed E-state index contributed by atoms with van der Waals surface area (Å²) in [6.45, 7) is 1.22. The van der Waals surface area contributed by atoms with Crippen LogP contribution in [0.1, 0.15) is 17.3 Å². The summed E-state index contributed by atoms with van der Waals surface area (Å²) in [5.41, 5.74) is 0.0591. The number of amides is 2. The Morgan fingerprint density at radius 3 is 2.62 bits per heavy atom. The molecule has 0 atom stereocenters. The zero-order valence-corrected chi connectivity index (χ0v) is 13.2. The second-order valence-electron chi connectivity index (χ2n) is 4.56. The van der Waals surface area contributed by atoms with Crippen molar-refractivity contribution < 1.29 is 22.8 Å². The molecule has 2 amide bonds. The first-order valence-corrected chi connectivity index (χ1v) is 7.53. The van der Waals surface area contributed by atoms with Gasteiger partial charge in [0.2, 0.25) is 5.91 Å². The first-order valence-electron chi connectivity index (χ1n) is 6.65. The van der Waals surface area contributed by atoms with E-state index in [1.807, 2.05) is 0 Å². The predicted octanol–water partition coefficient (Wildman–Crippen LogP) is 3.75. The third-order valence-corrected chi connectivity index (χ3v) is 3.48. The fourth-order valence-corrected chi connectivity index (χ4v) is 2.41. The molecule has 0 saturated heterocycles. The summed E-state index contributed by atoms with van der Waals surface area (Å²) in [5.74, 6) is -4.53. The van der Waals surface area contributed by atoms with Gasteiger partial charge in [0, 0.05) is 18.8 Å². The molecule has 0 bridgehead atoms. The minimum absolute atomic E-state index is 0.0341. The molecule has 0 unspecified atom stereocenters. The highest BCUT2D eigenvalue weighted by molar-refractivity contribution is 7.99. The second-order valence-corrected chi connectivity index (χ2v) is 5.54. The lowest BCUT2D eigenvalue weighted by Gasteiger charge is -2.10. The molecular formula is C15H12F3N3O2S. The Morgan fingerprint density at radius 1 is 1.21 bits per heavy atom. The number of nitrogens with one attached hydrogen (secondary N) is 2. The molecule has 0 aliphatic heterocycles. The molecule has 0 aliphatic carbocycles. The van der Waals surface area contributed by atoms with Crippen LogP contribution < -0.4 is 10.6 Å². The summed E-state index contributed by atoms with van der Waals surface area (Å²) < 4.78 is 38.6. The molecule has 2 rings (SSSR count). The number of carbonyl (C=O) groups excluding carboxylic acids is 2. The summed E-state index contributed by atoms with van der Waals surface area (Å²) in [7, 11) is 0. The van der Waals surface area contributed by atoms with E-state index in [2.05, 4.69) is 15.6 Å². The van der Waals surface area contributed by atoms with Crippen molar-refractivity contribution in [3.05, 3.63) is 47.9 Å². The van der Waals surface area contributed by atoms with Crippen LogP contribution in [-0.2, 0) is 4.79 Å². The van der Waals surface area contributed by atoms with Gasteiger partial charge in [-0.05, 0) is 42.1 Å². The minimum Gasteiger partial charge on any atom is -0.324 e. The molecule has 0 aliphatic rings. The normalized spacial score (nSPS) is 10.5. The molecule has 1 aromatic carbocycles. The summed E-state index contributed by atoms with van der Waals surface area (Å²) in [6.07, 6.45) is 1.30. The Morgan fingerprint density at radius 2 is 1.96 bits per heavy atom. The minimum atomic E-state index is -2.72. The van der Waals surface area contributed by atoms with Gasteiger partial charge in [-0.1, -0.05) is 0 Å². The average Bonchev–Trinajstić information content (AvgIpc) is 2.50. The molecule has 2 aromatic rings. The van der Waals surface area contributed by atoms with Gasteiger partial charge in [-0.25, -0.2) is 9.37 Å². The number of hydrogen-bond donors (Lipinski definition) is 2. The molecule has 2 N–H and O–H groups in total. The Labute approximate surface area is 139 Å². The van der Waals surface area contributed by atoms with Crippen LogP contribution in [0.2, 0.25) is 0 Å². The van der Waals surface area contributed by atoms with E-state index in [1.54, 1.807) is 0 Å². The lowest BCUT2D eigenvalue weighted by Crippen LogP contribution is -2.15. The van der Waals surface area contributed by atoms with Crippen LogP contribution in [0.5, 0.6) is 0 Å². The zero-order chi connectivity index (χ0) is 17.7. The van der Waals surface area contributed by atoms with Crippen LogP contribution >= 0.6 is 11.8 Å². The van der Waals surface area contributed by atoms with E-state index >= 15 is 0 Å². The van der Waals surface area contributed by atoms with Gasteiger partial charge in [-0.2, -0.15) is 8.78 Å². The number of halogens is 3. The van der Waals surface area contributed by atoms with Gasteiger partial charge in [-0.3, -0.25) is 9.59 Å². The smallest absolute Gasteiger partial charge is 0.290 e. The van der Waals surface area contributed by atoms with Crippen molar-refractivity contribution in [2.24, 2.45) is 0 Å². The first-order chi connectivity index (χ1) is 11.4. The maximum absolute atomic E-state index is 13.6. The molecule has 1 aromatic heterocycles. The predicted molar refractivity (Wildman–Crippen MR) is 84.8 cm³/mol. The fraction of sp³-hybridized carbons (Fsp3) is 0.133. The average molecular weight is 355 g/mol. The Bertz CT molecular complexity index is 771. The lowest BCUT2D eigenvalue weighted by atomic mass is 10.2. The van der Waals surface area contributed by atoms with Crippen LogP contribution in [-0.4, -0.2) is 22.6 Å². The van der Waals surface area contributed by atoms with Crippen molar-refractivity contribution in [2.75, 3.05) is 10.6 Å². The van der Waals surface area contributed by atoms with Crippen LogP contribution in [0.15, 0.2) is 41.6 Å². The molecule has 5 nitrogen and oxygen atoms in total. The molecule has 0 radical (unpaired) electrons. The van der Waals surface area contributed by atoms with Gasteiger partial charge >= 0.3 is 0 Å². The van der Waals surface area contributed by atoms with E-state index in [9.17, 15) is 22.8 Å². The van der Waals surface area contributed by atoms with E-state index in [1.165, 1.54) is 37.4 Å². The number of carbonyl (C=O) groups is 2. The molecule has 1 heterocycles. The van der Waals surface area contributed by atoms with E-state index < -0.39 is 23.4 Å². The van der Waals surface area contributed by atoms with Crippen molar-refractivity contribution in [2.45, 2.75) is 17.7 Å². The molecule has 24 heavy (non-hydrogen) atoms. The molecule has 0 fully saturated rings. The zero-order valence-electron chi connectivity index (χ0n) is 12.3. The Hall–Kier alpha value is -2.55. The Balaban J connectivity index is 2.23. The topological polar surface area (TPSA) is 71.1 Å². The summed E-state index contributed by atoms with van der Waals surface area (Å²) in [5, 5.41) is 4.62. The molecular weight excluding hydrogens is 343 g/mol. The van der Waals surface area contributed by atoms with E-state index in [-0.39, 0.29) is 33.7 Å². The summed E-state index contributed by atoms with van der Waals surface area (Å²) >= 11 is 0.156. The number of nitrogens with zero attached hydrogens (tertiary/aromatic N) is 1. The standard InChI is InChI=1S/C15H12F3N3O2S/c1-8(22)20-12-7-9(4-5-11(12)16)21-13(23)10-3-2-6-19-14(10)24-15(17)18/h2-7,15H,1H3,(H,20,22)(H,21,23). The van der Waals surface area contributed by atoms with Crippen molar-refractivity contribution >= 4 is 35.0 Å². The van der Waals surface area contributed by atoms with E-state index in [0.717, 1.165) is 6.07 Å². The summed E-state index contributed by atoms with van der Waals surface area (Å²) in [6, 6.07) is 6.38. The van der Waals surface area contributed by atoms with Gasteiger partial charge in [0.25, 0.3) is 11.7 Å². The van der Waals surface area contributed by atoms with Gasteiger partial charge in [-0.15, -0.1) is 0 Å². The number of alkyl halides is 2. The number of anilines is 2. The number of hydrogen-bond acceptors (Lipinski definition) is 4. The van der Waals surface area contributed by atoms with Crippen molar-refractivity contribution in [1.82, 2.24) is 4.98 Å². The molecule has 0 saturated carbocycles. The quantitative estimate of drug-likeness (QED) is 0.802. The van der Waals surface area contributed by atoms with Crippen LogP contribution in [0.4, 0.5) is 24.5 Å². The number of rotatable bonds is 5. The highest BCUT2D eigenvalue weighted by Gasteiger charge is 2.17. The Kier molecular flexibility index (Phi) is 5.80. The molecule has 0 spiro atoms. The SMILES string of the molecule is CC(=O)Nc1cc(NC(=O)c2cccnc2SC(F)F)ccc1F. The monoisotopic (exact) mass is 355 g/mol. The maximum atomic E-state index is 13.6. The highest BCUT2D eigenvalue weighted by Crippen LogP contribution is 2.27. The number of thioether (sulfide) groups is 1. The maximum Gasteiger partial charge on any atom is 0.290 e. The van der Waals surface area contributed by atoms with Gasteiger partial charge in [0.05, 0.1) is 11.3 Å². The van der Waals surface area contributed by atoms with Crippen molar-refractivity contribution in [1.29, 1.82) is 0 Å². The number of benzene rings is 1. The van der Waals surface area contributed by atoms with Crippen molar-refractivity contribution in [3.8, 4) is 0 Å². The van der Waals surface area contributed by atoms with E-state index in [4.69, 9.17) is 0 Å². The largest absolute Gasteiger partial charge is 0.324 e. The highest BCUT2D eigenvalue weighted by atomic mass is 32.2. The molecule has 126 valence electrons. The van der Waals surface area contributed by atoms with Crippen LogP contribution in [0.25, 0.3) is 0 Å². The fourth-order valence-electron chi connectivity index (χ4n) is 1.83. The first kappa shape index (κ1) is 17.8. The van der Waals surface area contributed by atoms with Gasteiger partial charge < -0.3 is 10.6 Å². The molecule has 9 heteroatoms. The summed E-state index contributed by atoms with van der Waals surface area (Å²) in [4.78, 5) is 27.0. The van der Waals surface area contributed by atoms with Crippen molar-refractivity contribution in [3.63, 3.8) is 0 Å². The third kappa shape index (κ3) is 4.72.